The molecule has 1 fully saturated rings. The van der Waals surface area contributed by atoms with Crippen LogP contribution in [-0.4, -0.2) is 38.7 Å². The van der Waals surface area contributed by atoms with Gasteiger partial charge in [-0.3, -0.25) is 4.79 Å². The number of esters is 2. The molecule has 0 aromatic carbocycles. The maximum absolute atomic E-state index is 11.2. The van der Waals surface area contributed by atoms with Crippen LogP contribution in [0.4, 0.5) is 0 Å². The van der Waals surface area contributed by atoms with Crippen molar-refractivity contribution in [1.29, 1.82) is 0 Å². The molecule has 1 aliphatic rings. The van der Waals surface area contributed by atoms with Gasteiger partial charge in [0.2, 0.25) is 0 Å². The van der Waals surface area contributed by atoms with E-state index in [1.54, 1.807) is 0 Å². The fourth-order valence-electron chi connectivity index (χ4n) is 1.61. The highest BCUT2D eigenvalue weighted by molar-refractivity contribution is 5.83. The summed E-state index contributed by atoms with van der Waals surface area (Å²) in [5.41, 5.74) is 0. The van der Waals surface area contributed by atoms with Crippen molar-refractivity contribution in [3.63, 3.8) is 0 Å². The number of hydrogen-bond donors (Lipinski definition) is 1. The van der Waals surface area contributed by atoms with Crippen LogP contribution in [0.1, 0.15) is 6.42 Å². The molecule has 0 aromatic rings. The smallest absolute Gasteiger partial charge is 0.365 e. The highest BCUT2D eigenvalue weighted by Gasteiger charge is 2.43. The summed E-state index contributed by atoms with van der Waals surface area (Å²) < 4.78 is 9.17. The second-order valence-electron chi connectivity index (χ2n) is 2.99. The quantitative estimate of drug-likeness (QED) is 0.478. The van der Waals surface area contributed by atoms with Crippen LogP contribution in [0.2, 0.25) is 0 Å². The van der Waals surface area contributed by atoms with Crippen molar-refractivity contribution in [2.24, 2.45) is 5.92 Å². The molecule has 1 heterocycles. The fourth-order valence-corrected chi connectivity index (χ4v) is 1.61. The third-order valence-electron chi connectivity index (χ3n) is 2.31. The molecule has 2 N–H and O–H groups in total. The van der Waals surface area contributed by atoms with Gasteiger partial charge < -0.3 is 27.2 Å². The maximum atomic E-state index is 11.2. The molecule has 0 saturated carbocycles. The van der Waals surface area contributed by atoms with Crippen molar-refractivity contribution in [3.8, 4) is 0 Å². The molecular formula is C8H14ClNO4. The van der Waals surface area contributed by atoms with E-state index in [-0.39, 0.29) is 30.3 Å². The molecule has 0 aromatic heterocycles. The van der Waals surface area contributed by atoms with E-state index in [0.717, 1.165) is 6.54 Å². The molecule has 0 amide bonds. The Kier molecular flexibility index (Phi) is 5.49. The largest absolute Gasteiger partial charge is 1.00 e. The number of carbonyl (C=O) groups is 2. The van der Waals surface area contributed by atoms with E-state index in [4.69, 9.17) is 0 Å². The first kappa shape index (κ1) is 13.2. The second kappa shape index (κ2) is 5.82. The zero-order valence-corrected chi connectivity index (χ0v) is 8.91. The number of rotatable bonds is 2. The van der Waals surface area contributed by atoms with Gasteiger partial charge >= 0.3 is 11.9 Å². The van der Waals surface area contributed by atoms with Crippen molar-refractivity contribution in [2.45, 2.75) is 12.5 Å². The normalized spacial score (nSPS) is 25.0. The van der Waals surface area contributed by atoms with Gasteiger partial charge in [0.1, 0.15) is 5.92 Å². The van der Waals surface area contributed by atoms with Crippen molar-refractivity contribution in [1.82, 2.24) is 0 Å². The van der Waals surface area contributed by atoms with Crippen LogP contribution < -0.4 is 17.7 Å². The number of methoxy groups -OCH3 is 2. The van der Waals surface area contributed by atoms with E-state index in [9.17, 15) is 9.59 Å². The van der Waals surface area contributed by atoms with Crippen LogP contribution in [0.5, 0.6) is 0 Å². The number of nitrogens with two attached hydrogens (primary N) is 1. The molecule has 0 aliphatic carbocycles. The third-order valence-corrected chi connectivity index (χ3v) is 2.31. The molecule has 14 heavy (non-hydrogen) atoms. The van der Waals surface area contributed by atoms with Gasteiger partial charge in [-0.25, -0.2) is 4.79 Å². The lowest BCUT2D eigenvalue weighted by Gasteiger charge is -2.11. The summed E-state index contributed by atoms with van der Waals surface area (Å²) in [7, 11) is 2.65. The van der Waals surface area contributed by atoms with Crippen molar-refractivity contribution >= 4 is 11.9 Å². The maximum Gasteiger partial charge on any atom is 0.365 e. The number of carbonyl (C=O) groups excluding carboxylic acids is 2. The zero-order chi connectivity index (χ0) is 9.84. The minimum atomic E-state index is -0.419. The molecule has 1 saturated heterocycles. The Morgan fingerprint density at radius 3 is 2.29 bits per heavy atom. The monoisotopic (exact) mass is 223 g/mol. The van der Waals surface area contributed by atoms with Crippen LogP contribution in [0, 0.1) is 5.92 Å². The molecule has 0 radical (unpaired) electrons. The standard InChI is InChI=1S/C8H13NO4.ClH/c1-12-7(10)5-3-4-9-6(5)8(11)13-2;/h5-6,9H,3-4H2,1-2H3;1H/t5-,6+;/m1./s1. The molecule has 1 rings (SSSR count). The Balaban J connectivity index is 0.00000169. The highest BCUT2D eigenvalue weighted by Crippen LogP contribution is 2.12. The minimum absolute atomic E-state index is 0. The SMILES string of the molecule is COC(=O)[C@H]1[NH2+]CC[C@H]1C(=O)OC.[Cl-]. The summed E-state index contributed by atoms with van der Waals surface area (Å²) in [5.74, 6) is -1.03. The molecule has 2 atom stereocenters. The molecular weight excluding hydrogens is 210 g/mol. The third kappa shape index (κ3) is 2.59. The van der Waals surface area contributed by atoms with Crippen LogP contribution in [0.15, 0.2) is 0 Å². The number of hydrogen-bond acceptors (Lipinski definition) is 4. The van der Waals surface area contributed by atoms with E-state index in [1.807, 2.05) is 5.32 Å². The number of halogens is 1. The number of ether oxygens (including phenoxy) is 2. The van der Waals surface area contributed by atoms with Gasteiger partial charge in [0.25, 0.3) is 0 Å². The molecule has 82 valence electrons. The van der Waals surface area contributed by atoms with E-state index in [2.05, 4.69) is 9.47 Å². The van der Waals surface area contributed by atoms with Crippen LogP contribution in [0.3, 0.4) is 0 Å². The van der Waals surface area contributed by atoms with Crippen LogP contribution in [-0.2, 0) is 19.1 Å². The summed E-state index contributed by atoms with van der Waals surface area (Å²) >= 11 is 0. The predicted octanol–water partition coefficient (Wildman–Crippen LogP) is -4.71. The molecule has 0 unspecified atom stereocenters. The van der Waals surface area contributed by atoms with Gasteiger partial charge in [-0.15, -0.1) is 0 Å². The average molecular weight is 224 g/mol. The summed E-state index contributed by atoms with van der Waals surface area (Å²) in [6.45, 7) is 0.763. The lowest BCUT2D eigenvalue weighted by Crippen LogP contribution is -3.00. The molecule has 0 bridgehead atoms. The highest BCUT2D eigenvalue weighted by atomic mass is 35.5. The van der Waals surface area contributed by atoms with Gasteiger partial charge in [-0.1, -0.05) is 0 Å². The average Bonchev–Trinajstić information content (AvgIpc) is 2.63. The van der Waals surface area contributed by atoms with Crippen LogP contribution in [0.25, 0.3) is 0 Å². The van der Waals surface area contributed by atoms with E-state index in [0.29, 0.717) is 6.42 Å². The lowest BCUT2D eigenvalue weighted by molar-refractivity contribution is -0.660. The Labute approximate surface area is 88.5 Å². The first-order valence-corrected chi connectivity index (χ1v) is 4.19. The molecule has 0 spiro atoms. The van der Waals surface area contributed by atoms with Crippen molar-refractivity contribution in [2.75, 3.05) is 20.8 Å². The lowest BCUT2D eigenvalue weighted by atomic mass is 10.0. The summed E-state index contributed by atoms with van der Waals surface area (Å²) in [6.07, 6.45) is 0.673. The first-order chi connectivity index (χ1) is 6.20. The van der Waals surface area contributed by atoms with Crippen LogP contribution >= 0.6 is 0 Å². The first-order valence-electron chi connectivity index (χ1n) is 4.19. The van der Waals surface area contributed by atoms with Gasteiger partial charge in [-0.05, 0) is 0 Å². The Morgan fingerprint density at radius 2 is 1.79 bits per heavy atom. The fraction of sp³-hybridized carbons (Fsp3) is 0.750. The number of quaternary nitrogens is 1. The van der Waals surface area contributed by atoms with Gasteiger partial charge in [0, 0.05) is 6.42 Å². The Bertz CT molecular complexity index is 199. The Morgan fingerprint density at radius 1 is 1.21 bits per heavy atom. The van der Waals surface area contributed by atoms with Crippen molar-refractivity contribution in [3.05, 3.63) is 0 Å². The Hall–Kier alpha value is -0.810. The van der Waals surface area contributed by atoms with Crippen molar-refractivity contribution < 1.29 is 36.8 Å². The minimum Gasteiger partial charge on any atom is -1.00 e. The predicted molar refractivity (Wildman–Crippen MR) is 42.7 cm³/mol. The molecule has 1 aliphatic heterocycles. The van der Waals surface area contributed by atoms with Gasteiger partial charge in [0.15, 0.2) is 6.04 Å². The molecule has 6 heteroatoms. The van der Waals surface area contributed by atoms with E-state index < -0.39 is 6.04 Å². The van der Waals surface area contributed by atoms with E-state index in [1.165, 1.54) is 14.2 Å². The second-order valence-corrected chi connectivity index (χ2v) is 2.99. The van der Waals surface area contributed by atoms with Gasteiger partial charge in [0.05, 0.1) is 20.8 Å². The topological polar surface area (TPSA) is 69.2 Å². The van der Waals surface area contributed by atoms with Gasteiger partial charge in [-0.2, -0.15) is 0 Å². The van der Waals surface area contributed by atoms with E-state index >= 15 is 0 Å². The summed E-state index contributed by atoms with van der Waals surface area (Å²) in [4.78, 5) is 22.4. The molecule has 5 nitrogen and oxygen atoms in total. The summed E-state index contributed by atoms with van der Waals surface area (Å²) in [5, 5.41) is 1.81. The zero-order valence-electron chi connectivity index (χ0n) is 8.16. The summed E-state index contributed by atoms with van der Waals surface area (Å²) in [6, 6.07) is -0.419.